The topological polar surface area (TPSA) is 51.2 Å². The molecule has 100 valence electrons. The van der Waals surface area contributed by atoms with Crippen molar-refractivity contribution in [1.82, 2.24) is 4.98 Å². The zero-order chi connectivity index (χ0) is 14.0. The average molecular weight is 323 g/mol. The number of ether oxygens (including phenoxy) is 1. The lowest BCUT2D eigenvalue weighted by Crippen LogP contribution is -2.27. The maximum atomic E-state index is 11.8. The van der Waals surface area contributed by atoms with Crippen LogP contribution in [0.4, 0.5) is 10.5 Å². The normalized spacial score (nSPS) is 11.4. The Morgan fingerprint density at radius 2 is 2.05 bits per heavy atom. The summed E-state index contributed by atoms with van der Waals surface area (Å²) in [6.45, 7) is 5.48. The van der Waals surface area contributed by atoms with E-state index in [1.54, 1.807) is 6.20 Å². The minimum atomic E-state index is -0.520. The summed E-state index contributed by atoms with van der Waals surface area (Å²) in [7, 11) is 0. The van der Waals surface area contributed by atoms with Crippen LogP contribution in [0.2, 0.25) is 0 Å². The molecule has 0 fully saturated rings. The highest BCUT2D eigenvalue weighted by Gasteiger charge is 2.17. The summed E-state index contributed by atoms with van der Waals surface area (Å²) in [5, 5.41) is 3.61. The summed E-state index contributed by atoms with van der Waals surface area (Å²) in [4.78, 5) is 16.1. The van der Waals surface area contributed by atoms with Gasteiger partial charge in [0, 0.05) is 16.1 Å². The standard InChI is InChI=1S/C14H15BrN2O2/c1-14(2,3)19-13(18)17-11-7-6-10(15)12-9(11)5-4-8-16-12/h4-8H,1-3H3,(H,17,18). The maximum absolute atomic E-state index is 11.8. The Morgan fingerprint density at radius 3 is 2.74 bits per heavy atom. The number of amides is 1. The van der Waals surface area contributed by atoms with E-state index >= 15 is 0 Å². The van der Waals surface area contributed by atoms with Gasteiger partial charge in [-0.3, -0.25) is 10.3 Å². The van der Waals surface area contributed by atoms with E-state index in [1.165, 1.54) is 0 Å². The van der Waals surface area contributed by atoms with Crippen molar-refractivity contribution in [3.05, 3.63) is 34.9 Å². The first kappa shape index (κ1) is 13.8. The molecule has 19 heavy (non-hydrogen) atoms. The van der Waals surface area contributed by atoms with E-state index < -0.39 is 11.7 Å². The van der Waals surface area contributed by atoms with Crippen LogP contribution < -0.4 is 5.32 Å². The van der Waals surface area contributed by atoms with Gasteiger partial charge >= 0.3 is 6.09 Å². The van der Waals surface area contributed by atoms with Crippen LogP contribution in [0.5, 0.6) is 0 Å². The molecule has 1 amide bonds. The molecule has 4 nitrogen and oxygen atoms in total. The molecule has 0 aliphatic heterocycles. The quantitative estimate of drug-likeness (QED) is 0.849. The fourth-order valence-corrected chi connectivity index (χ4v) is 2.11. The van der Waals surface area contributed by atoms with E-state index in [0.29, 0.717) is 5.69 Å². The fraction of sp³-hybridized carbons (Fsp3) is 0.286. The molecule has 1 aromatic heterocycles. The Kier molecular flexibility index (Phi) is 3.75. The van der Waals surface area contributed by atoms with Crippen molar-refractivity contribution in [2.75, 3.05) is 5.32 Å². The van der Waals surface area contributed by atoms with Crippen molar-refractivity contribution in [3.8, 4) is 0 Å². The summed E-state index contributed by atoms with van der Waals surface area (Å²) in [6.07, 6.45) is 1.24. The molecule has 0 radical (unpaired) electrons. The fourth-order valence-electron chi connectivity index (χ4n) is 1.66. The van der Waals surface area contributed by atoms with Crippen LogP contribution in [-0.4, -0.2) is 16.7 Å². The highest BCUT2D eigenvalue weighted by molar-refractivity contribution is 9.10. The molecular formula is C14H15BrN2O2. The number of fused-ring (bicyclic) bond motifs is 1. The van der Waals surface area contributed by atoms with E-state index in [-0.39, 0.29) is 0 Å². The smallest absolute Gasteiger partial charge is 0.412 e. The number of pyridine rings is 1. The summed E-state index contributed by atoms with van der Waals surface area (Å²) < 4.78 is 6.13. The van der Waals surface area contributed by atoms with E-state index in [0.717, 1.165) is 15.4 Å². The van der Waals surface area contributed by atoms with Gasteiger partial charge in [0.1, 0.15) is 5.60 Å². The first-order chi connectivity index (χ1) is 8.87. The number of hydrogen-bond donors (Lipinski definition) is 1. The van der Waals surface area contributed by atoms with Gasteiger partial charge in [-0.1, -0.05) is 0 Å². The van der Waals surface area contributed by atoms with Gasteiger partial charge in [0.05, 0.1) is 11.2 Å². The zero-order valence-electron chi connectivity index (χ0n) is 11.0. The monoisotopic (exact) mass is 322 g/mol. The Bertz CT molecular complexity index is 620. The van der Waals surface area contributed by atoms with Gasteiger partial charge in [-0.2, -0.15) is 0 Å². The molecule has 0 bridgehead atoms. The molecule has 0 aliphatic carbocycles. The number of nitrogens with one attached hydrogen (secondary N) is 1. The van der Waals surface area contributed by atoms with E-state index in [9.17, 15) is 4.79 Å². The van der Waals surface area contributed by atoms with Gasteiger partial charge in [-0.15, -0.1) is 0 Å². The van der Waals surface area contributed by atoms with Crippen molar-refractivity contribution in [3.63, 3.8) is 0 Å². The number of aromatic nitrogens is 1. The third-order valence-corrected chi connectivity index (χ3v) is 3.00. The average Bonchev–Trinajstić information content (AvgIpc) is 2.31. The molecule has 0 aliphatic rings. The first-order valence-corrected chi connectivity index (χ1v) is 6.69. The van der Waals surface area contributed by atoms with E-state index in [2.05, 4.69) is 26.2 Å². The summed E-state index contributed by atoms with van der Waals surface area (Å²) >= 11 is 3.44. The predicted octanol–water partition coefficient (Wildman–Crippen LogP) is 4.34. The number of nitrogens with zero attached hydrogens (tertiary/aromatic N) is 1. The third-order valence-electron chi connectivity index (χ3n) is 2.36. The van der Waals surface area contributed by atoms with Gasteiger partial charge in [-0.05, 0) is 61.0 Å². The van der Waals surface area contributed by atoms with E-state index in [1.807, 2.05) is 45.0 Å². The van der Waals surface area contributed by atoms with Gasteiger partial charge < -0.3 is 4.74 Å². The number of carbonyl (C=O) groups is 1. The number of hydrogen-bond acceptors (Lipinski definition) is 3. The summed E-state index contributed by atoms with van der Waals surface area (Å²) in [6, 6.07) is 7.40. The molecular weight excluding hydrogens is 308 g/mol. The minimum absolute atomic E-state index is 0.472. The molecule has 0 saturated carbocycles. The minimum Gasteiger partial charge on any atom is -0.444 e. The molecule has 2 aromatic rings. The second-order valence-corrected chi connectivity index (χ2v) is 5.98. The van der Waals surface area contributed by atoms with Crippen LogP contribution in [0.1, 0.15) is 20.8 Å². The van der Waals surface area contributed by atoms with Crippen molar-refractivity contribution in [2.24, 2.45) is 0 Å². The lowest BCUT2D eigenvalue weighted by atomic mass is 10.2. The second-order valence-electron chi connectivity index (χ2n) is 5.12. The lowest BCUT2D eigenvalue weighted by Gasteiger charge is -2.20. The highest BCUT2D eigenvalue weighted by Crippen LogP contribution is 2.28. The summed E-state index contributed by atoms with van der Waals surface area (Å²) in [5.41, 5.74) is 0.963. The van der Waals surface area contributed by atoms with E-state index in [4.69, 9.17) is 4.74 Å². The number of halogens is 1. The van der Waals surface area contributed by atoms with Gasteiger partial charge in [0.2, 0.25) is 0 Å². The Labute approximate surface area is 120 Å². The molecule has 1 N–H and O–H groups in total. The molecule has 0 atom stereocenters. The molecule has 2 rings (SSSR count). The van der Waals surface area contributed by atoms with Crippen molar-refractivity contribution in [1.29, 1.82) is 0 Å². The highest BCUT2D eigenvalue weighted by atomic mass is 79.9. The molecule has 0 saturated heterocycles. The second kappa shape index (κ2) is 5.17. The Morgan fingerprint density at radius 1 is 1.32 bits per heavy atom. The molecule has 1 aromatic carbocycles. The van der Waals surface area contributed by atoms with Crippen LogP contribution >= 0.6 is 15.9 Å². The Balaban J connectivity index is 2.31. The Hall–Kier alpha value is -1.62. The number of benzene rings is 1. The summed E-state index contributed by atoms with van der Waals surface area (Å²) in [5.74, 6) is 0. The van der Waals surface area contributed by atoms with Crippen LogP contribution in [0.3, 0.4) is 0 Å². The predicted molar refractivity (Wildman–Crippen MR) is 79.3 cm³/mol. The molecule has 0 unspecified atom stereocenters. The third kappa shape index (κ3) is 3.44. The van der Waals surface area contributed by atoms with Crippen LogP contribution in [0, 0.1) is 0 Å². The van der Waals surface area contributed by atoms with Gasteiger partial charge in [0.15, 0.2) is 0 Å². The van der Waals surface area contributed by atoms with Crippen molar-refractivity contribution < 1.29 is 9.53 Å². The van der Waals surface area contributed by atoms with Gasteiger partial charge in [0.25, 0.3) is 0 Å². The number of carbonyl (C=O) groups excluding carboxylic acids is 1. The molecule has 5 heteroatoms. The largest absolute Gasteiger partial charge is 0.444 e. The van der Waals surface area contributed by atoms with Crippen LogP contribution in [0.25, 0.3) is 10.9 Å². The first-order valence-electron chi connectivity index (χ1n) is 5.90. The zero-order valence-corrected chi connectivity index (χ0v) is 12.6. The van der Waals surface area contributed by atoms with Crippen LogP contribution in [-0.2, 0) is 4.74 Å². The molecule has 1 heterocycles. The van der Waals surface area contributed by atoms with Crippen molar-refractivity contribution >= 4 is 38.6 Å². The van der Waals surface area contributed by atoms with Crippen LogP contribution in [0.15, 0.2) is 34.9 Å². The van der Waals surface area contributed by atoms with Gasteiger partial charge in [-0.25, -0.2) is 4.79 Å². The SMILES string of the molecule is CC(C)(C)OC(=O)Nc1ccc(Br)c2ncccc12. The molecule has 0 spiro atoms. The van der Waals surface area contributed by atoms with Crippen molar-refractivity contribution in [2.45, 2.75) is 26.4 Å². The number of rotatable bonds is 1. The number of anilines is 1. The maximum Gasteiger partial charge on any atom is 0.412 e. The lowest BCUT2D eigenvalue weighted by molar-refractivity contribution is 0.0636.